The van der Waals surface area contributed by atoms with Gasteiger partial charge in [-0.25, -0.2) is 0 Å². The molecule has 5 nitrogen and oxygen atoms in total. The predicted octanol–water partition coefficient (Wildman–Crippen LogP) is 4.83. The Kier molecular flexibility index (Phi) is 6.31. The van der Waals surface area contributed by atoms with E-state index in [0.29, 0.717) is 12.5 Å². The van der Waals surface area contributed by atoms with E-state index in [1.807, 2.05) is 42.8 Å². The second kappa shape index (κ2) is 9.53. The van der Waals surface area contributed by atoms with Crippen molar-refractivity contribution in [2.45, 2.75) is 31.8 Å². The number of hydrogen-bond acceptors (Lipinski definition) is 4. The normalized spacial score (nSPS) is 16.1. The first kappa shape index (κ1) is 22.5. The zero-order chi connectivity index (χ0) is 23.7. The molecule has 0 bridgehead atoms. The van der Waals surface area contributed by atoms with Crippen molar-refractivity contribution < 1.29 is 5.11 Å². The molecule has 2 aromatic heterocycles. The Hall–Kier alpha value is -3.28. The number of fused-ring (bicyclic) bond motifs is 1. The lowest BCUT2D eigenvalue weighted by molar-refractivity contribution is 0.108. The highest BCUT2D eigenvalue weighted by atomic mass is 16.3. The molecule has 1 aliphatic heterocycles. The molecule has 4 aromatic rings. The van der Waals surface area contributed by atoms with Gasteiger partial charge in [0.05, 0.1) is 11.7 Å². The minimum atomic E-state index is -0.319. The first-order valence-corrected chi connectivity index (χ1v) is 12.0. The van der Waals surface area contributed by atoms with Crippen molar-refractivity contribution in [3.05, 3.63) is 89.1 Å². The molecule has 1 fully saturated rings. The summed E-state index contributed by atoms with van der Waals surface area (Å²) in [6.07, 6.45) is 5.20. The van der Waals surface area contributed by atoms with Crippen LogP contribution in [0.4, 0.5) is 0 Å². The molecule has 1 aliphatic rings. The number of piperidine rings is 1. The summed E-state index contributed by atoms with van der Waals surface area (Å²) >= 11 is 0. The summed E-state index contributed by atoms with van der Waals surface area (Å²) in [6.45, 7) is 4.40. The maximum Gasteiger partial charge on any atom is 0.259 e. The van der Waals surface area contributed by atoms with Gasteiger partial charge in [-0.3, -0.25) is 9.78 Å². The van der Waals surface area contributed by atoms with E-state index in [1.54, 1.807) is 12.4 Å². The topological polar surface area (TPSA) is 58.4 Å². The number of rotatable bonds is 5. The Morgan fingerprint density at radius 3 is 2.38 bits per heavy atom. The Morgan fingerprint density at radius 2 is 1.68 bits per heavy atom. The van der Waals surface area contributed by atoms with Gasteiger partial charge in [-0.2, -0.15) is 0 Å². The molecular formula is C29H31N3O2. The Morgan fingerprint density at radius 1 is 0.971 bits per heavy atom. The Labute approximate surface area is 200 Å². The van der Waals surface area contributed by atoms with Gasteiger partial charge in [0.25, 0.3) is 5.56 Å². The van der Waals surface area contributed by atoms with Gasteiger partial charge in [0.1, 0.15) is 0 Å². The van der Waals surface area contributed by atoms with Crippen LogP contribution < -0.4 is 5.56 Å². The van der Waals surface area contributed by atoms with Crippen LogP contribution in [0.15, 0.2) is 77.9 Å². The van der Waals surface area contributed by atoms with Gasteiger partial charge in [-0.1, -0.05) is 36.4 Å². The van der Waals surface area contributed by atoms with Crippen LogP contribution >= 0.6 is 0 Å². The molecule has 1 saturated heterocycles. The lowest BCUT2D eigenvalue weighted by Gasteiger charge is -2.33. The number of pyridine rings is 2. The fourth-order valence-corrected chi connectivity index (χ4v) is 5.28. The third kappa shape index (κ3) is 4.41. The zero-order valence-electron chi connectivity index (χ0n) is 19.8. The summed E-state index contributed by atoms with van der Waals surface area (Å²) in [5, 5.41) is 12.0. The van der Waals surface area contributed by atoms with Crippen molar-refractivity contribution in [2.24, 2.45) is 7.05 Å². The van der Waals surface area contributed by atoms with Crippen LogP contribution in [0.5, 0.6) is 0 Å². The van der Waals surface area contributed by atoms with Crippen LogP contribution in [0.2, 0.25) is 0 Å². The summed E-state index contributed by atoms with van der Waals surface area (Å²) in [4.78, 5) is 20.4. The molecule has 1 N–H and O–H groups in total. The van der Waals surface area contributed by atoms with E-state index in [-0.39, 0.29) is 11.7 Å². The molecule has 0 saturated carbocycles. The zero-order valence-corrected chi connectivity index (χ0v) is 19.8. The molecule has 2 aromatic carbocycles. The number of benzene rings is 2. The van der Waals surface area contributed by atoms with Gasteiger partial charge in [0.2, 0.25) is 0 Å². The third-order valence-electron chi connectivity index (χ3n) is 7.03. The first-order chi connectivity index (χ1) is 16.5. The van der Waals surface area contributed by atoms with Crippen molar-refractivity contribution in [2.75, 3.05) is 19.6 Å². The molecule has 1 unspecified atom stereocenters. The number of hydrogen-bond donors (Lipinski definition) is 1. The fraction of sp³-hybridized carbons (Fsp3) is 0.310. The maximum absolute atomic E-state index is 13.9. The van der Waals surface area contributed by atoms with Crippen LogP contribution in [0.1, 0.15) is 31.4 Å². The highest BCUT2D eigenvalue weighted by Crippen LogP contribution is 2.35. The van der Waals surface area contributed by atoms with Gasteiger partial charge in [0, 0.05) is 37.6 Å². The Balaban J connectivity index is 1.61. The number of aromatic nitrogens is 2. The molecule has 0 radical (unpaired) electrons. The van der Waals surface area contributed by atoms with Crippen LogP contribution in [0.3, 0.4) is 0 Å². The minimum Gasteiger partial charge on any atom is -0.392 e. The van der Waals surface area contributed by atoms with E-state index in [2.05, 4.69) is 46.3 Å². The number of nitrogens with zero attached hydrogens (tertiary/aromatic N) is 3. The highest BCUT2D eigenvalue weighted by Gasteiger charge is 2.25. The number of aliphatic hydroxyl groups is 1. The molecule has 0 spiro atoms. The molecule has 34 heavy (non-hydrogen) atoms. The van der Waals surface area contributed by atoms with E-state index in [0.717, 1.165) is 64.7 Å². The smallest absolute Gasteiger partial charge is 0.259 e. The predicted molar refractivity (Wildman–Crippen MR) is 138 cm³/mol. The SMILES string of the molecule is CC(O)CN1CCC(c2cc(-c3ccncc3)c(-c3ccc4ccccc4c3)c(=O)n2C)CC1. The van der Waals surface area contributed by atoms with Crippen molar-refractivity contribution in [1.29, 1.82) is 0 Å². The molecule has 1 atom stereocenters. The van der Waals surface area contributed by atoms with E-state index in [1.165, 1.54) is 0 Å². The largest absolute Gasteiger partial charge is 0.392 e. The average molecular weight is 454 g/mol. The lowest BCUT2D eigenvalue weighted by atomic mass is 9.88. The Bertz CT molecular complexity index is 1350. The van der Waals surface area contributed by atoms with Crippen LogP contribution in [0, 0.1) is 0 Å². The van der Waals surface area contributed by atoms with Gasteiger partial charge in [0.15, 0.2) is 0 Å². The summed E-state index contributed by atoms with van der Waals surface area (Å²) in [5.41, 5.74) is 4.74. The van der Waals surface area contributed by atoms with Crippen LogP contribution in [-0.4, -0.2) is 45.3 Å². The van der Waals surface area contributed by atoms with E-state index < -0.39 is 0 Å². The standard InChI is InChI=1S/C29H31N3O2/c1-20(33)19-32-15-11-23(12-16-32)27-18-26(22-9-13-30-14-10-22)28(29(34)31(27)2)25-8-7-21-5-3-4-6-24(21)17-25/h3-10,13-14,17-18,20,23,33H,11-12,15-16,19H2,1-2H3. The van der Waals surface area contributed by atoms with Crippen LogP contribution in [0.25, 0.3) is 33.0 Å². The van der Waals surface area contributed by atoms with Crippen molar-refractivity contribution in [3.8, 4) is 22.3 Å². The van der Waals surface area contributed by atoms with Gasteiger partial charge in [-0.05, 0) is 84.6 Å². The summed E-state index contributed by atoms with van der Waals surface area (Å²) < 4.78 is 1.85. The summed E-state index contributed by atoms with van der Waals surface area (Å²) in [6, 6.07) is 20.7. The van der Waals surface area contributed by atoms with Crippen molar-refractivity contribution >= 4 is 10.8 Å². The molecule has 5 heteroatoms. The van der Waals surface area contributed by atoms with Gasteiger partial charge >= 0.3 is 0 Å². The third-order valence-corrected chi connectivity index (χ3v) is 7.03. The monoisotopic (exact) mass is 453 g/mol. The lowest BCUT2D eigenvalue weighted by Crippen LogP contribution is -2.38. The first-order valence-electron chi connectivity index (χ1n) is 12.0. The molecule has 5 rings (SSSR count). The molecular weight excluding hydrogens is 422 g/mol. The molecule has 0 aliphatic carbocycles. The number of β-amino-alcohol motifs (C(OH)–C–C–N with tert-alkyl or cyclic N) is 1. The maximum atomic E-state index is 13.9. The second-order valence-electron chi connectivity index (χ2n) is 9.44. The molecule has 174 valence electrons. The molecule has 0 amide bonds. The number of likely N-dealkylation sites (tertiary alicyclic amines) is 1. The van der Waals surface area contributed by atoms with Crippen LogP contribution in [-0.2, 0) is 7.05 Å². The quantitative estimate of drug-likeness (QED) is 0.470. The molecule has 3 heterocycles. The van der Waals surface area contributed by atoms with Crippen molar-refractivity contribution in [3.63, 3.8) is 0 Å². The van der Waals surface area contributed by atoms with E-state index in [4.69, 9.17) is 0 Å². The van der Waals surface area contributed by atoms with Gasteiger partial charge < -0.3 is 14.6 Å². The minimum absolute atomic E-state index is 0.0333. The summed E-state index contributed by atoms with van der Waals surface area (Å²) in [7, 11) is 1.90. The number of aliphatic hydroxyl groups excluding tert-OH is 1. The van der Waals surface area contributed by atoms with E-state index in [9.17, 15) is 9.90 Å². The fourth-order valence-electron chi connectivity index (χ4n) is 5.28. The summed E-state index contributed by atoms with van der Waals surface area (Å²) in [5.74, 6) is 0.314. The average Bonchev–Trinajstić information content (AvgIpc) is 2.86. The van der Waals surface area contributed by atoms with Gasteiger partial charge in [-0.15, -0.1) is 0 Å². The highest BCUT2D eigenvalue weighted by molar-refractivity contribution is 5.91. The van der Waals surface area contributed by atoms with E-state index >= 15 is 0 Å². The van der Waals surface area contributed by atoms with Crippen molar-refractivity contribution in [1.82, 2.24) is 14.5 Å². The second-order valence-corrected chi connectivity index (χ2v) is 9.44.